The number of piperazine rings is 1. The van der Waals surface area contributed by atoms with E-state index in [1.54, 1.807) is 12.4 Å². The largest absolute Gasteiger partial charge is 0.346 e. The van der Waals surface area contributed by atoms with Crippen molar-refractivity contribution in [3.8, 4) is 23.4 Å². The van der Waals surface area contributed by atoms with Gasteiger partial charge in [0, 0.05) is 67.7 Å². The number of hydrogen-bond donors (Lipinski definition) is 1. The average molecular weight is 549 g/mol. The number of aromatic nitrogens is 5. The number of nitriles is 2. The van der Waals surface area contributed by atoms with Crippen molar-refractivity contribution in [1.82, 2.24) is 39.4 Å². The van der Waals surface area contributed by atoms with Crippen molar-refractivity contribution in [3.63, 3.8) is 0 Å². The fourth-order valence-electron chi connectivity index (χ4n) is 6.25. The molecule has 1 saturated heterocycles. The van der Waals surface area contributed by atoms with Gasteiger partial charge >= 0.3 is 0 Å². The Labute approximate surface area is 238 Å². The lowest BCUT2D eigenvalue weighted by atomic mass is 9.70. The smallest absolute Gasteiger partial charge is 0.253 e. The van der Waals surface area contributed by atoms with Crippen LogP contribution < -0.4 is 0 Å². The lowest BCUT2D eigenvalue weighted by molar-refractivity contribution is -0.0158. The van der Waals surface area contributed by atoms with Crippen LogP contribution in [0.2, 0.25) is 0 Å². The number of H-pyrrole nitrogens is 1. The maximum atomic E-state index is 13.3. The van der Waals surface area contributed by atoms with E-state index in [2.05, 4.69) is 37.1 Å². The Balaban J connectivity index is 1.11. The zero-order valence-corrected chi connectivity index (χ0v) is 23.3. The summed E-state index contributed by atoms with van der Waals surface area (Å²) >= 11 is 0. The molecule has 1 aliphatic carbocycles. The van der Waals surface area contributed by atoms with Crippen LogP contribution >= 0.6 is 0 Å². The molecule has 6 rings (SSSR count). The van der Waals surface area contributed by atoms with Crippen LogP contribution in [0.3, 0.4) is 0 Å². The second-order valence-corrected chi connectivity index (χ2v) is 11.4. The van der Waals surface area contributed by atoms with Crippen LogP contribution in [-0.2, 0) is 12.1 Å². The number of benzene rings is 1. The maximum absolute atomic E-state index is 13.3. The lowest BCUT2D eigenvalue weighted by Crippen LogP contribution is -2.60. The Kier molecular flexibility index (Phi) is 7.00. The number of nitrogens with one attached hydrogen (secondary N) is 1. The minimum absolute atomic E-state index is 0.0282. The molecule has 4 aromatic rings. The van der Waals surface area contributed by atoms with E-state index in [9.17, 15) is 15.3 Å². The van der Waals surface area contributed by atoms with Crippen LogP contribution in [0.15, 0.2) is 49.2 Å². The van der Waals surface area contributed by atoms with Crippen molar-refractivity contribution >= 4 is 16.9 Å². The number of amides is 1. The zero-order chi connectivity index (χ0) is 28.6. The monoisotopic (exact) mass is 548 g/mol. The topological polar surface area (TPSA) is 134 Å². The first-order valence-electron chi connectivity index (χ1n) is 13.8. The van der Waals surface area contributed by atoms with Gasteiger partial charge in [-0.1, -0.05) is 0 Å². The number of fused-ring (bicyclic) bond motifs is 1. The minimum atomic E-state index is -0.352. The first-order chi connectivity index (χ1) is 19.9. The van der Waals surface area contributed by atoms with E-state index in [4.69, 9.17) is 0 Å². The highest BCUT2D eigenvalue weighted by Crippen LogP contribution is 2.45. The van der Waals surface area contributed by atoms with Crippen LogP contribution in [0.5, 0.6) is 0 Å². The molecule has 0 atom stereocenters. The van der Waals surface area contributed by atoms with E-state index in [1.807, 2.05) is 65.4 Å². The summed E-state index contributed by atoms with van der Waals surface area (Å²) in [5.41, 5.74) is 4.19. The number of rotatable bonds is 7. The van der Waals surface area contributed by atoms with Crippen molar-refractivity contribution in [2.45, 2.75) is 37.4 Å². The first kappa shape index (κ1) is 26.6. The highest BCUT2D eigenvalue weighted by molar-refractivity contribution is 5.95. The van der Waals surface area contributed by atoms with Gasteiger partial charge in [-0.05, 0) is 56.8 Å². The van der Waals surface area contributed by atoms with Crippen molar-refractivity contribution in [2.75, 3.05) is 40.3 Å². The molecule has 11 heteroatoms. The van der Waals surface area contributed by atoms with Crippen LogP contribution in [0.4, 0.5) is 0 Å². The maximum Gasteiger partial charge on any atom is 0.253 e. The summed E-state index contributed by atoms with van der Waals surface area (Å²) in [6, 6.07) is 12.3. The van der Waals surface area contributed by atoms with Gasteiger partial charge in [0.1, 0.15) is 12.0 Å². The third kappa shape index (κ3) is 5.06. The molecule has 0 bridgehead atoms. The van der Waals surface area contributed by atoms with Gasteiger partial charge in [-0.25, -0.2) is 9.97 Å². The molecule has 1 aliphatic heterocycles. The molecule has 1 amide bonds. The Morgan fingerprint density at radius 3 is 2.68 bits per heavy atom. The molecule has 0 radical (unpaired) electrons. The third-order valence-electron chi connectivity index (χ3n) is 8.32. The first-order valence-corrected chi connectivity index (χ1v) is 13.8. The van der Waals surface area contributed by atoms with Crippen molar-refractivity contribution in [3.05, 3.63) is 65.9 Å². The van der Waals surface area contributed by atoms with E-state index < -0.39 is 0 Å². The molecule has 1 saturated carbocycles. The van der Waals surface area contributed by atoms with Crippen molar-refractivity contribution in [1.29, 1.82) is 10.5 Å². The van der Waals surface area contributed by atoms with Crippen LogP contribution in [0.1, 0.15) is 40.7 Å². The SMILES string of the molecule is CN(C)Cc1cc(C#N)cc(C(=O)N2CCN([C@H]3C[C@](CC#N)(n4cc(-c5ncnc6[nH]ccc56)cn4)C3)CC2)c1. The Bertz CT molecular complexity index is 1660. The van der Waals surface area contributed by atoms with Gasteiger partial charge in [0.05, 0.1) is 41.6 Å². The quantitative estimate of drug-likeness (QED) is 0.373. The van der Waals surface area contributed by atoms with Gasteiger partial charge in [0.25, 0.3) is 5.91 Å². The third-order valence-corrected chi connectivity index (χ3v) is 8.32. The van der Waals surface area contributed by atoms with Gasteiger partial charge in [-0.2, -0.15) is 15.6 Å². The van der Waals surface area contributed by atoms with Gasteiger partial charge < -0.3 is 14.8 Å². The summed E-state index contributed by atoms with van der Waals surface area (Å²) < 4.78 is 1.95. The number of nitrogens with zero attached hydrogens (tertiary/aromatic N) is 9. The van der Waals surface area contributed by atoms with Gasteiger partial charge in [-0.15, -0.1) is 0 Å². The predicted molar refractivity (Wildman–Crippen MR) is 152 cm³/mol. The Morgan fingerprint density at radius 1 is 1.15 bits per heavy atom. The summed E-state index contributed by atoms with van der Waals surface area (Å²) in [4.78, 5) is 31.6. The Morgan fingerprint density at radius 2 is 1.95 bits per heavy atom. The molecule has 11 nitrogen and oxygen atoms in total. The molecule has 208 valence electrons. The normalized spacial score (nSPS) is 21.0. The predicted octanol–water partition coefficient (Wildman–Crippen LogP) is 2.98. The number of carbonyl (C=O) groups is 1. The van der Waals surface area contributed by atoms with Gasteiger partial charge in [0.15, 0.2) is 0 Å². The number of carbonyl (C=O) groups excluding carboxylic acids is 1. The summed E-state index contributed by atoms with van der Waals surface area (Å²) in [7, 11) is 3.94. The van der Waals surface area contributed by atoms with Crippen LogP contribution in [0, 0.1) is 22.7 Å². The van der Waals surface area contributed by atoms with Crippen LogP contribution in [-0.4, -0.2) is 91.7 Å². The lowest BCUT2D eigenvalue weighted by Gasteiger charge is -2.52. The molecule has 4 heterocycles. The highest BCUT2D eigenvalue weighted by Gasteiger charge is 2.49. The average Bonchev–Trinajstić information content (AvgIpc) is 3.64. The van der Waals surface area contributed by atoms with Gasteiger partial charge in [-0.3, -0.25) is 14.4 Å². The van der Waals surface area contributed by atoms with E-state index in [0.29, 0.717) is 43.2 Å². The molecule has 2 fully saturated rings. The summed E-state index contributed by atoms with van der Waals surface area (Å²) in [6.45, 7) is 3.49. The molecule has 1 N–H and O–H groups in total. The van der Waals surface area contributed by atoms with E-state index in [0.717, 1.165) is 53.8 Å². The number of hydrogen-bond acceptors (Lipinski definition) is 8. The molecule has 3 aromatic heterocycles. The molecule has 0 spiro atoms. The minimum Gasteiger partial charge on any atom is -0.346 e. The molecule has 41 heavy (non-hydrogen) atoms. The summed E-state index contributed by atoms with van der Waals surface area (Å²) in [6.07, 6.45) is 9.25. The zero-order valence-electron chi connectivity index (χ0n) is 23.3. The molecule has 0 unspecified atom stereocenters. The van der Waals surface area contributed by atoms with E-state index >= 15 is 0 Å². The fraction of sp³-hybridized carbons (Fsp3) is 0.400. The van der Waals surface area contributed by atoms with E-state index in [1.165, 1.54) is 0 Å². The van der Waals surface area contributed by atoms with Crippen LogP contribution in [0.25, 0.3) is 22.3 Å². The summed E-state index contributed by atoms with van der Waals surface area (Å²) in [5.74, 6) is -0.0282. The second-order valence-electron chi connectivity index (χ2n) is 11.4. The molecule has 1 aromatic carbocycles. The van der Waals surface area contributed by atoms with Gasteiger partial charge in [0.2, 0.25) is 0 Å². The van der Waals surface area contributed by atoms with Crippen molar-refractivity contribution in [2.24, 2.45) is 0 Å². The molecule has 2 aliphatic rings. The summed E-state index contributed by atoms with van der Waals surface area (Å²) in [5, 5.41) is 24.8. The molecular formula is C30H32N10O. The van der Waals surface area contributed by atoms with E-state index in [-0.39, 0.29) is 11.4 Å². The highest BCUT2D eigenvalue weighted by atomic mass is 16.2. The van der Waals surface area contributed by atoms with Crippen molar-refractivity contribution < 1.29 is 4.79 Å². The fourth-order valence-corrected chi connectivity index (χ4v) is 6.25. The number of aromatic amines is 1. The molecular weight excluding hydrogens is 516 g/mol. The Hall–Kier alpha value is -4.58. The second kappa shape index (κ2) is 10.8. The standard InChI is InChI=1S/C30H32N10O/c1-37(2)18-22-11-21(16-32)12-23(13-22)29(41)39-9-7-38(8-10-39)25-14-30(15-25,4-5-31)40-19-24(17-36-40)27-26-3-6-33-28(26)35-20-34-27/h3,6,11-13,17,19-20,25H,4,7-10,14-15,18H2,1-2H3,(H,33,34,35)/t25-,30-.